The zero-order valence-electron chi connectivity index (χ0n) is 10.9. The molecule has 18 heavy (non-hydrogen) atoms. The monoisotopic (exact) mass is 267 g/mol. The Labute approximate surface area is 112 Å². The molecular formula is C13H21N3OS. The normalized spacial score (nSPS) is 16.7. The molecule has 1 saturated heterocycles. The molecule has 1 aromatic rings. The van der Waals surface area contributed by atoms with E-state index in [0.717, 1.165) is 30.4 Å². The molecule has 1 aliphatic rings. The van der Waals surface area contributed by atoms with Crippen molar-refractivity contribution in [2.75, 3.05) is 13.1 Å². The topological polar surface area (TPSA) is 54.0 Å². The molecule has 1 fully saturated rings. The highest BCUT2D eigenvalue weighted by Crippen LogP contribution is 2.17. The van der Waals surface area contributed by atoms with Crippen LogP contribution >= 0.6 is 11.3 Å². The van der Waals surface area contributed by atoms with Crippen molar-refractivity contribution in [1.82, 2.24) is 15.6 Å². The predicted molar refractivity (Wildman–Crippen MR) is 73.5 cm³/mol. The smallest absolute Gasteiger partial charge is 0.220 e. The summed E-state index contributed by atoms with van der Waals surface area (Å²) in [5.41, 5.74) is 0. The summed E-state index contributed by atoms with van der Waals surface area (Å²) < 4.78 is 0. The summed E-state index contributed by atoms with van der Waals surface area (Å²) >= 11 is 1.64. The highest BCUT2D eigenvalue weighted by Gasteiger charge is 2.14. The second kappa shape index (κ2) is 6.85. The average molecular weight is 267 g/mol. The van der Waals surface area contributed by atoms with Gasteiger partial charge in [0.2, 0.25) is 5.91 Å². The fourth-order valence-electron chi connectivity index (χ4n) is 2.25. The van der Waals surface area contributed by atoms with Crippen LogP contribution in [0.1, 0.15) is 35.6 Å². The van der Waals surface area contributed by atoms with Crippen LogP contribution in [0.3, 0.4) is 0 Å². The van der Waals surface area contributed by atoms with Gasteiger partial charge in [0.25, 0.3) is 0 Å². The SMILES string of the molecule is Cc1cnc(CNC(=O)CCC2CCNCC2)s1. The number of amides is 1. The number of piperidine rings is 1. The Morgan fingerprint density at radius 2 is 2.33 bits per heavy atom. The van der Waals surface area contributed by atoms with Crippen molar-refractivity contribution < 1.29 is 4.79 Å². The van der Waals surface area contributed by atoms with E-state index in [0.29, 0.717) is 13.0 Å². The van der Waals surface area contributed by atoms with E-state index < -0.39 is 0 Å². The van der Waals surface area contributed by atoms with Gasteiger partial charge in [-0.25, -0.2) is 4.98 Å². The quantitative estimate of drug-likeness (QED) is 0.856. The summed E-state index contributed by atoms with van der Waals surface area (Å²) in [6.07, 6.45) is 5.93. The van der Waals surface area contributed by atoms with Crippen molar-refractivity contribution >= 4 is 17.2 Å². The zero-order chi connectivity index (χ0) is 12.8. The molecule has 2 N–H and O–H groups in total. The standard InChI is InChI=1S/C13H21N3OS/c1-10-8-16-13(18-10)9-15-12(17)3-2-11-4-6-14-7-5-11/h8,11,14H,2-7,9H2,1H3,(H,15,17). The number of carbonyl (C=O) groups is 1. The van der Waals surface area contributed by atoms with Crippen LogP contribution in [0.15, 0.2) is 6.20 Å². The first-order chi connectivity index (χ1) is 8.74. The van der Waals surface area contributed by atoms with Crippen LogP contribution in [0, 0.1) is 12.8 Å². The van der Waals surface area contributed by atoms with Crippen LogP contribution in [0.4, 0.5) is 0 Å². The maximum atomic E-state index is 11.7. The Morgan fingerprint density at radius 1 is 1.56 bits per heavy atom. The van der Waals surface area contributed by atoms with Crippen molar-refractivity contribution in [3.05, 3.63) is 16.1 Å². The molecular weight excluding hydrogens is 246 g/mol. The van der Waals surface area contributed by atoms with Crippen LogP contribution in [0.2, 0.25) is 0 Å². The molecule has 0 radical (unpaired) electrons. The number of nitrogens with one attached hydrogen (secondary N) is 2. The number of thiazole rings is 1. The van der Waals surface area contributed by atoms with Gasteiger partial charge in [0.1, 0.15) is 5.01 Å². The number of rotatable bonds is 5. The maximum Gasteiger partial charge on any atom is 0.220 e. The van der Waals surface area contributed by atoms with Gasteiger partial charge in [-0.1, -0.05) is 0 Å². The van der Waals surface area contributed by atoms with E-state index in [1.54, 1.807) is 11.3 Å². The molecule has 2 rings (SSSR count). The fourth-order valence-corrected chi connectivity index (χ4v) is 2.98. The van der Waals surface area contributed by atoms with Crippen molar-refractivity contribution in [1.29, 1.82) is 0 Å². The molecule has 0 bridgehead atoms. The van der Waals surface area contributed by atoms with E-state index in [1.807, 2.05) is 13.1 Å². The van der Waals surface area contributed by atoms with Crippen molar-refractivity contribution in [2.24, 2.45) is 5.92 Å². The highest BCUT2D eigenvalue weighted by molar-refractivity contribution is 7.11. The van der Waals surface area contributed by atoms with Crippen LogP contribution in [0.5, 0.6) is 0 Å². The van der Waals surface area contributed by atoms with Gasteiger partial charge in [-0.2, -0.15) is 0 Å². The van der Waals surface area contributed by atoms with Gasteiger partial charge in [-0.3, -0.25) is 4.79 Å². The Balaban J connectivity index is 1.62. The number of hydrogen-bond donors (Lipinski definition) is 2. The van der Waals surface area contributed by atoms with E-state index >= 15 is 0 Å². The number of carbonyl (C=O) groups excluding carboxylic acids is 1. The molecule has 1 aromatic heterocycles. The van der Waals surface area contributed by atoms with Gasteiger partial charge in [0.05, 0.1) is 6.54 Å². The molecule has 0 spiro atoms. The molecule has 0 aromatic carbocycles. The summed E-state index contributed by atoms with van der Waals surface area (Å²) in [4.78, 5) is 17.1. The van der Waals surface area contributed by atoms with Crippen LogP contribution < -0.4 is 10.6 Å². The lowest BCUT2D eigenvalue weighted by Crippen LogP contribution is -2.29. The van der Waals surface area contributed by atoms with E-state index in [-0.39, 0.29) is 5.91 Å². The second-order valence-electron chi connectivity index (χ2n) is 4.87. The van der Waals surface area contributed by atoms with Gasteiger partial charge < -0.3 is 10.6 Å². The Kier molecular flexibility index (Phi) is 5.13. The predicted octanol–water partition coefficient (Wildman–Crippen LogP) is 1.85. The third-order valence-electron chi connectivity index (χ3n) is 3.34. The van der Waals surface area contributed by atoms with Crippen molar-refractivity contribution in [2.45, 2.75) is 39.2 Å². The van der Waals surface area contributed by atoms with E-state index in [1.165, 1.54) is 17.7 Å². The van der Waals surface area contributed by atoms with E-state index in [4.69, 9.17) is 0 Å². The van der Waals surface area contributed by atoms with Gasteiger partial charge in [-0.15, -0.1) is 11.3 Å². The van der Waals surface area contributed by atoms with Crippen LogP contribution in [-0.2, 0) is 11.3 Å². The number of aryl methyl sites for hydroxylation is 1. The molecule has 0 aliphatic carbocycles. The van der Waals surface area contributed by atoms with Gasteiger partial charge >= 0.3 is 0 Å². The van der Waals surface area contributed by atoms with Gasteiger partial charge in [-0.05, 0) is 45.2 Å². The number of nitrogens with zero attached hydrogens (tertiary/aromatic N) is 1. The van der Waals surface area contributed by atoms with Crippen molar-refractivity contribution in [3.8, 4) is 0 Å². The minimum Gasteiger partial charge on any atom is -0.350 e. The van der Waals surface area contributed by atoms with Crippen molar-refractivity contribution in [3.63, 3.8) is 0 Å². The summed E-state index contributed by atoms with van der Waals surface area (Å²) in [5, 5.41) is 7.28. The molecule has 100 valence electrons. The first-order valence-electron chi connectivity index (χ1n) is 6.63. The Morgan fingerprint density at radius 3 is 3.00 bits per heavy atom. The maximum absolute atomic E-state index is 11.7. The van der Waals surface area contributed by atoms with Crippen LogP contribution in [-0.4, -0.2) is 24.0 Å². The molecule has 0 unspecified atom stereocenters. The lowest BCUT2D eigenvalue weighted by atomic mass is 9.93. The van der Waals surface area contributed by atoms with Gasteiger partial charge in [0.15, 0.2) is 0 Å². The Bertz CT molecular complexity index is 385. The van der Waals surface area contributed by atoms with E-state index in [2.05, 4.69) is 15.6 Å². The third-order valence-corrected chi connectivity index (χ3v) is 4.26. The lowest BCUT2D eigenvalue weighted by molar-refractivity contribution is -0.121. The molecule has 0 saturated carbocycles. The first-order valence-corrected chi connectivity index (χ1v) is 7.44. The van der Waals surface area contributed by atoms with Crippen LogP contribution in [0.25, 0.3) is 0 Å². The Hall–Kier alpha value is -0.940. The summed E-state index contributed by atoms with van der Waals surface area (Å²) in [5.74, 6) is 0.875. The zero-order valence-corrected chi connectivity index (χ0v) is 11.7. The summed E-state index contributed by atoms with van der Waals surface area (Å²) in [6, 6.07) is 0. The molecule has 1 amide bonds. The van der Waals surface area contributed by atoms with E-state index in [9.17, 15) is 4.79 Å². The molecule has 2 heterocycles. The summed E-state index contributed by atoms with van der Waals surface area (Å²) in [6.45, 7) is 4.80. The fraction of sp³-hybridized carbons (Fsp3) is 0.692. The third kappa shape index (κ3) is 4.38. The minimum atomic E-state index is 0.154. The minimum absolute atomic E-state index is 0.154. The van der Waals surface area contributed by atoms with Gasteiger partial charge in [0, 0.05) is 17.5 Å². The molecule has 1 aliphatic heterocycles. The number of aromatic nitrogens is 1. The average Bonchev–Trinajstić information content (AvgIpc) is 2.81. The second-order valence-corrected chi connectivity index (χ2v) is 6.19. The first kappa shape index (κ1) is 13.5. The molecule has 0 atom stereocenters. The lowest BCUT2D eigenvalue weighted by Gasteiger charge is -2.22. The summed E-state index contributed by atoms with van der Waals surface area (Å²) in [7, 11) is 0. The largest absolute Gasteiger partial charge is 0.350 e. The molecule has 4 nitrogen and oxygen atoms in total. The number of hydrogen-bond acceptors (Lipinski definition) is 4. The highest BCUT2D eigenvalue weighted by atomic mass is 32.1. The molecule has 5 heteroatoms.